The monoisotopic (exact) mass is 373 g/mol. The van der Waals surface area contributed by atoms with E-state index >= 15 is 0 Å². The molecule has 27 heavy (non-hydrogen) atoms. The van der Waals surface area contributed by atoms with E-state index < -0.39 is 0 Å². The molecule has 1 atom stereocenters. The maximum absolute atomic E-state index is 12.8. The fourth-order valence-electron chi connectivity index (χ4n) is 3.33. The van der Waals surface area contributed by atoms with E-state index in [4.69, 9.17) is 0 Å². The molecule has 5 nitrogen and oxygen atoms in total. The lowest BCUT2D eigenvalue weighted by atomic mass is 9.85. The van der Waals surface area contributed by atoms with Gasteiger partial charge < -0.3 is 15.1 Å². The zero-order chi connectivity index (χ0) is 20.1. The van der Waals surface area contributed by atoms with Gasteiger partial charge in [0.25, 0.3) is 0 Å². The van der Waals surface area contributed by atoms with Crippen LogP contribution in [-0.2, 0) is 16.1 Å². The molecule has 0 saturated heterocycles. The van der Waals surface area contributed by atoms with Gasteiger partial charge in [0.15, 0.2) is 0 Å². The average molecular weight is 374 g/mol. The van der Waals surface area contributed by atoms with E-state index in [0.29, 0.717) is 6.54 Å². The quantitative estimate of drug-likeness (QED) is 0.740. The molecule has 0 spiro atoms. The first-order valence-electron chi connectivity index (χ1n) is 10.2. The molecular formula is C22H35N3O2. The molecule has 1 aromatic rings. The molecule has 5 heteroatoms. The summed E-state index contributed by atoms with van der Waals surface area (Å²) in [5, 5.41) is 3.06. The molecule has 1 aliphatic carbocycles. The Morgan fingerprint density at radius 3 is 2.33 bits per heavy atom. The van der Waals surface area contributed by atoms with Gasteiger partial charge >= 0.3 is 0 Å². The van der Waals surface area contributed by atoms with Gasteiger partial charge in [0, 0.05) is 49.9 Å². The number of nitrogens with one attached hydrogen (secondary N) is 1. The van der Waals surface area contributed by atoms with E-state index in [1.54, 1.807) is 0 Å². The molecule has 1 fully saturated rings. The van der Waals surface area contributed by atoms with Crippen LogP contribution in [0.25, 0.3) is 0 Å². The Kier molecular flexibility index (Phi) is 7.28. The van der Waals surface area contributed by atoms with Crippen molar-refractivity contribution in [3.8, 4) is 0 Å². The second-order valence-corrected chi connectivity index (χ2v) is 8.23. The second kappa shape index (κ2) is 9.25. The van der Waals surface area contributed by atoms with E-state index in [0.717, 1.165) is 42.6 Å². The summed E-state index contributed by atoms with van der Waals surface area (Å²) in [5.41, 5.74) is 2.94. The van der Waals surface area contributed by atoms with E-state index in [1.165, 1.54) is 0 Å². The van der Waals surface area contributed by atoms with Gasteiger partial charge in [0.2, 0.25) is 11.8 Å². The Balaban J connectivity index is 2.28. The van der Waals surface area contributed by atoms with Crippen LogP contribution in [0.5, 0.6) is 0 Å². The minimum Gasteiger partial charge on any atom is -0.377 e. The molecule has 2 amide bonds. The first kappa shape index (κ1) is 21.3. The highest BCUT2D eigenvalue weighted by atomic mass is 16.2. The van der Waals surface area contributed by atoms with E-state index in [-0.39, 0.29) is 29.7 Å². The number of hydrogen-bond donors (Lipinski definition) is 1. The largest absolute Gasteiger partial charge is 0.377 e. The lowest BCUT2D eigenvalue weighted by Crippen LogP contribution is -2.40. The Labute approximate surface area is 164 Å². The summed E-state index contributed by atoms with van der Waals surface area (Å²) < 4.78 is 0. The van der Waals surface area contributed by atoms with E-state index in [1.807, 2.05) is 51.0 Å². The number of carbonyl (C=O) groups excluding carboxylic acids is 2. The van der Waals surface area contributed by atoms with Crippen LogP contribution in [0.1, 0.15) is 58.9 Å². The zero-order valence-electron chi connectivity index (χ0n) is 17.7. The third-order valence-electron chi connectivity index (χ3n) is 5.55. The van der Waals surface area contributed by atoms with Crippen LogP contribution in [0.15, 0.2) is 18.2 Å². The van der Waals surface area contributed by atoms with Crippen molar-refractivity contribution in [3.05, 3.63) is 23.8 Å². The summed E-state index contributed by atoms with van der Waals surface area (Å²) in [7, 11) is 4.01. The lowest BCUT2D eigenvalue weighted by Gasteiger charge is -2.32. The predicted octanol–water partition coefficient (Wildman–Crippen LogP) is 4.27. The van der Waals surface area contributed by atoms with Crippen molar-refractivity contribution in [3.63, 3.8) is 0 Å². The van der Waals surface area contributed by atoms with Crippen LogP contribution in [0, 0.1) is 11.8 Å². The smallest absolute Gasteiger partial charge is 0.227 e. The third-order valence-corrected chi connectivity index (χ3v) is 5.55. The Bertz CT molecular complexity index is 666. The SMILES string of the molecule is CC[C@@H](C)N(Cc1cc(NC(=O)C2CCC2)ccc1N(C)C)C(=O)C(C)C. The lowest BCUT2D eigenvalue weighted by molar-refractivity contribution is -0.137. The molecule has 2 rings (SSSR count). The number of anilines is 2. The molecule has 150 valence electrons. The molecule has 1 aromatic carbocycles. The predicted molar refractivity (Wildman–Crippen MR) is 112 cm³/mol. The Hall–Kier alpha value is -2.04. The molecule has 1 N–H and O–H groups in total. The Morgan fingerprint density at radius 2 is 1.85 bits per heavy atom. The maximum Gasteiger partial charge on any atom is 0.227 e. The van der Waals surface area contributed by atoms with Gasteiger partial charge in [-0.25, -0.2) is 0 Å². The number of benzene rings is 1. The van der Waals surface area contributed by atoms with Crippen molar-refractivity contribution in [2.24, 2.45) is 11.8 Å². The highest BCUT2D eigenvalue weighted by Gasteiger charge is 2.26. The molecule has 0 bridgehead atoms. The van der Waals surface area contributed by atoms with Crippen LogP contribution in [0.3, 0.4) is 0 Å². The average Bonchev–Trinajstić information content (AvgIpc) is 2.56. The highest BCUT2D eigenvalue weighted by Crippen LogP contribution is 2.30. The second-order valence-electron chi connectivity index (χ2n) is 8.23. The van der Waals surface area contributed by atoms with Crippen molar-refractivity contribution in [2.75, 3.05) is 24.3 Å². The fourth-order valence-corrected chi connectivity index (χ4v) is 3.33. The van der Waals surface area contributed by atoms with Gasteiger partial charge in [-0.15, -0.1) is 0 Å². The number of nitrogens with zero attached hydrogens (tertiary/aromatic N) is 2. The standard InChI is InChI=1S/C22H35N3O2/c1-7-16(4)25(22(27)15(2)3)14-18-13-19(11-12-20(18)24(5)6)23-21(26)17-9-8-10-17/h11-13,15-17H,7-10,14H2,1-6H3,(H,23,26)/t16-/m1/s1. The molecule has 0 radical (unpaired) electrons. The minimum absolute atomic E-state index is 0.0386. The molecule has 0 heterocycles. The van der Waals surface area contributed by atoms with Gasteiger partial charge in [-0.3, -0.25) is 9.59 Å². The first-order valence-corrected chi connectivity index (χ1v) is 10.2. The summed E-state index contributed by atoms with van der Waals surface area (Å²) >= 11 is 0. The summed E-state index contributed by atoms with van der Waals surface area (Å²) in [4.78, 5) is 29.1. The van der Waals surface area contributed by atoms with Gasteiger partial charge in [-0.1, -0.05) is 27.2 Å². The van der Waals surface area contributed by atoms with Gasteiger partial charge in [-0.2, -0.15) is 0 Å². The molecule has 1 aliphatic rings. The number of amides is 2. The van der Waals surface area contributed by atoms with E-state index in [9.17, 15) is 9.59 Å². The van der Waals surface area contributed by atoms with E-state index in [2.05, 4.69) is 24.1 Å². The molecule has 0 aliphatic heterocycles. The van der Waals surface area contributed by atoms with Crippen molar-refractivity contribution in [2.45, 2.75) is 66.0 Å². The summed E-state index contributed by atoms with van der Waals surface area (Å²) in [6, 6.07) is 6.17. The van der Waals surface area contributed by atoms with Crippen LogP contribution in [0.4, 0.5) is 11.4 Å². The van der Waals surface area contributed by atoms with Crippen molar-refractivity contribution < 1.29 is 9.59 Å². The van der Waals surface area contributed by atoms with Gasteiger partial charge in [0.1, 0.15) is 0 Å². The van der Waals surface area contributed by atoms with Crippen molar-refractivity contribution in [1.29, 1.82) is 0 Å². The molecule has 1 saturated carbocycles. The number of hydrogen-bond acceptors (Lipinski definition) is 3. The van der Waals surface area contributed by atoms with Crippen molar-refractivity contribution >= 4 is 23.2 Å². The molecule has 0 aromatic heterocycles. The summed E-state index contributed by atoms with van der Waals surface area (Å²) in [5.74, 6) is 0.393. The molecular weight excluding hydrogens is 338 g/mol. The van der Waals surface area contributed by atoms with Crippen LogP contribution in [0.2, 0.25) is 0 Å². The Morgan fingerprint density at radius 1 is 1.19 bits per heavy atom. The summed E-state index contributed by atoms with van der Waals surface area (Å²) in [6.07, 6.45) is 4.02. The topological polar surface area (TPSA) is 52.7 Å². The minimum atomic E-state index is -0.0386. The highest BCUT2D eigenvalue weighted by molar-refractivity contribution is 5.93. The normalized spacial score (nSPS) is 15.2. The zero-order valence-corrected chi connectivity index (χ0v) is 17.7. The van der Waals surface area contributed by atoms with Crippen molar-refractivity contribution in [1.82, 2.24) is 4.90 Å². The van der Waals surface area contributed by atoms with Gasteiger partial charge in [-0.05, 0) is 49.9 Å². The third kappa shape index (κ3) is 5.24. The number of carbonyl (C=O) groups is 2. The van der Waals surface area contributed by atoms with Crippen LogP contribution < -0.4 is 10.2 Å². The first-order chi connectivity index (χ1) is 12.7. The van der Waals surface area contributed by atoms with Crippen LogP contribution in [-0.4, -0.2) is 36.9 Å². The number of rotatable bonds is 8. The summed E-state index contributed by atoms with van der Waals surface area (Å²) in [6.45, 7) is 8.64. The maximum atomic E-state index is 12.8. The van der Waals surface area contributed by atoms with Crippen LogP contribution >= 0.6 is 0 Å². The van der Waals surface area contributed by atoms with Gasteiger partial charge in [0.05, 0.1) is 0 Å². The fraction of sp³-hybridized carbons (Fsp3) is 0.636. The molecule has 0 unspecified atom stereocenters.